The number of ether oxygens (including phenoxy) is 1. The monoisotopic (exact) mass is 376 g/mol. The molecule has 0 aromatic heterocycles. The Balaban J connectivity index is 2.43. The fourth-order valence-corrected chi connectivity index (χ4v) is 3.97. The van der Waals surface area contributed by atoms with Gasteiger partial charge in [0.25, 0.3) is 15.9 Å². The van der Waals surface area contributed by atoms with Gasteiger partial charge in [-0.15, -0.1) is 0 Å². The van der Waals surface area contributed by atoms with Crippen LogP contribution in [-0.4, -0.2) is 27.5 Å². The van der Waals surface area contributed by atoms with Crippen molar-refractivity contribution in [2.45, 2.75) is 38.6 Å². The molecule has 0 fully saturated rings. The van der Waals surface area contributed by atoms with Gasteiger partial charge in [-0.1, -0.05) is 12.1 Å². The first-order chi connectivity index (χ1) is 12.2. The second-order valence-corrected chi connectivity index (χ2v) is 7.95. The van der Waals surface area contributed by atoms with E-state index in [2.05, 4.69) is 10.0 Å². The lowest BCUT2D eigenvalue weighted by atomic mass is 10.1. The molecular weight excluding hydrogens is 352 g/mol. The van der Waals surface area contributed by atoms with Crippen LogP contribution < -0.4 is 14.8 Å². The Morgan fingerprint density at radius 1 is 1.04 bits per heavy atom. The highest BCUT2D eigenvalue weighted by Crippen LogP contribution is 2.28. The second-order valence-electron chi connectivity index (χ2n) is 6.30. The summed E-state index contributed by atoms with van der Waals surface area (Å²) in [4.78, 5) is 12.5. The Bertz CT molecular complexity index is 921. The van der Waals surface area contributed by atoms with Gasteiger partial charge in [-0.25, -0.2) is 8.42 Å². The summed E-state index contributed by atoms with van der Waals surface area (Å²) in [6, 6.07) is 9.58. The van der Waals surface area contributed by atoms with Gasteiger partial charge in [0.05, 0.1) is 23.3 Å². The molecule has 26 heavy (non-hydrogen) atoms. The smallest absolute Gasteiger partial charge is 0.262 e. The predicted octanol–water partition coefficient (Wildman–Crippen LogP) is 3.25. The maximum atomic E-state index is 12.9. The normalized spacial score (nSPS) is 11.3. The number of amides is 1. The molecule has 1 amide bonds. The molecular formula is C19H24N2O4S. The number of hydrogen-bond acceptors (Lipinski definition) is 4. The molecule has 7 heteroatoms. The summed E-state index contributed by atoms with van der Waals surface area (Å²) in [7, 11) is -2.32. The Hall–Kier alpha value is -2.54. The molecule has 0 bridgehead atoms. The van der Waals surface area contributed by atoms with Gasteiger partial charge in [0.15, 0.2) is 0 Å². The van der Waals surface area contributed by atoms with Crippen LogP contribution in [-0.2, 0) is 10.0 Å². The Labute approximate surface area is 154 Å². The van der Waals surface area contributed by atoms with E-state index in [4.69, 9.17) is 4.74 Å². The highest BCUT2D eigenvalue weighted by Gasteiger charge is 2.22. The number of benzene rings is 2. The standard InChI is InChI=1S/C19H24N2O4S/c1-12(2)20-19(22)15-8-6-7-9-16(15)21-26(23,24)18-11-10-17(25-5)13(3)14(18)4/h6-12,21H,1-5H3,(H,20,22). The largest absolute Gasteiger partial charge is 0.496 e. The van der Waals surface area contributed by atoms with Crippen molar-refractivity contribution >= 4 is 21.6 Å². The van der Waals surface area contributed by atoms with Gasteiger partial charge >= 0.3 is 0 Å². The molecule has 0 atom stereocenters. The van der Waals surface area contributed by atoms with Crippen LogP contribution >= 0.6 is 0 Å². The van der Waals surface area contributed by atoms with E-state index in [1.807, 2.05) is 13.8 Å². The zero-order valence-electron chi connectivity index (χ0n) is 15.6. The van der Waals surface area contributed by atoms with Crippen molar-refractivity contribution < 1.29 is 17.9 Å². The van der Waals surface area contributed by atoms with E-state index in [1.54, 1.807) is 44.2 Å². The molecule has 140 valence electrons. The lowest BCUT2D eigenvalue weighted by Gasteiger charge is -2.16. The molecule has 0 aliphatic heterocycles. The van der Waals surface area contributed by atoms with Crippen molar-refractivity contribution in [3.63, 3.8) is 0 Å². The van der Waals surface area contributed by atoms with Crippen LogP contribution in [0.15, 0.2) is 41.3 Å². The van der Waals surface area contributed by atoms with Crippen LogP contribution in [0.2, 0.25) is 0 Å². The van der Waals surface area contributed by atoms with E-state index in [1.165, 1.54) is 13.2 Å². The average Bonchev–Trinajstić information content (AvgIpc) is 2.56. The molecule has 2 N–H and O–H groups in total. The van der Waals surface area contributed by atoms with E-state index in [0.717, 1.165) is 5.56 Å². The molecule has 0 saturated carbocycles. The van der Waals surface area contributed by atoms with Crippen LogP contribution in [0.5, 0.6) is 5.75 Å². The molecule has 6 nitrogen and oxygen atoms in total. The van der Waals surface area contributed by atoms with Crippen LogP contribution in [0.1, 0.15) is 35.3 Å². The highest BCUT2D eigenvalue weighted by molar-refractivity contribution is 7.92. The highest BCUT2D eigenvalue weighted by atomic mass is 32.2. The lowest BCUT2D eigenvalue weighted by Crippen LogP contribution is -2.31. The minimum Gasteiger partial charge on any atom is -0.496 e. The summed E-state index contributed by atoms with van der Waals surface area (Å²) in [5.41, 5.74) is 1.85. The number of carbonyl (C=O) groups excluding carboxylic acids is 1. The maximum absolute atomic E-state index is 12.9. The van der Waals surface area contributed by atoms with Crippen LogP contribution in [0.3, 0.4) is 0 Å². The van der Waals surface area contributed by atoms with Crippen molar-refractivity contribution in [3.8, 4) is 5.75 Å². The summed E-state index contributed by atoms with van der Waals surface area (Å²) in [5.74, 6) is 0.291. The zero-order valence-corrected chi connectivity index (χ0v) is 16.4. The van der Waals surface area contributed by atoms with Gasteiger partial charge in [-0.05, 0) is 63.1 Å². The molecule has 0 aliphatic carbocycles. The van der Waals surface area contributed by atoms with Crippen LogP contribution in [0.4, 0.5) is 5.69 Å². The van der Waals surface area contributed by atoms with Crippen molar-refractivity contribution in [3.05, 3.63) is 53.1 Å². The predicted molar refractivity (Wildman–Crippen MR) is 102 cm³/mol. The van der Waals surface area contributed by atoms with Gasteiger partial charge in [-0.3, -0.25) is 9.52 Å². The van der Waals surface area contributed by atoms with E-state index in [0.29, 0.717) is 11.3 Å². The third-order valence-electron chi connectivity index (χ3n) is 4.03. The Kier molecular flexibility index (Phi) is 5.92. The van der Waals surface area contributed by atoms with E-state index >= 15 is 0 Å². The van der Waals surface area contributed by atoms with Crippen LogP contribution in [0.25, 0.3) is 0 Å². The zero-order chi connectivity index (χ0) is 19.5. The van der Waals surface area contributed by atoms with Crippen molar-refractivity contribution in [1.29, 1.82) is 0 Å². The fourth-order valence-electron chi connectivity index (χ4n) is 2.59. The molecule has 0 saturated heterocycles. The van der Waals surface area contributed by atoms with Gasteiger partial charge in [0.2, 0.25) is 0 Å². The molecule has 0 radical (unpaired) electrons. The van der Waals surface area contributed by atoms with E-state index < -0.39 is 10.0 Å². The number of methoxy groups -OCH3 is 1. The number of carbonyl (C=O) groups is 1. The fraction of sp³-hybridized carbons (Fsp3) is 0.316. The third kappa shape index (κ3) is 4.16. The van der Waals surface area contributed by atoms with Crippen molar-refractivity contribution in [2.24, 2.45) is 0 Å². The molecule has 0 heterocycles. The lowest BCUT2D eigenvalue weighted by molar-refractivity contribution is 0.0944. The van der Waals surface area contributed by atoms with Gasteiger partial charge in [0.1, 0.15) is 5.75 Å². The van der Waals surface area contributed by atoms with Crippen LogP contribution in [0, 0.1) is 13.8 Å². The number of nitrogens with one attached hydrogen (secondary N) is 2. The van der Waals surface area contributed by atoms with Gasteiger partial charge in [-0.2, -0.15) is 0 Å². The first-order valence-corrected chi connectivity index (χ1v) is 9.72. The topological polar surface area (TPSA) is 84.5 Å². The molecule has 2 aromatic rings. The van der Waals surface area contributed by atoms with E-state index in [9.17, 15) is 13.2 Å². The summed E-state index contributed by atoms with van der Waals surface area (Å²) in [6.07, 6.45) is 0. The van der Waals surface area contributed by atoms with Crippen molar-refractivity contribution in [1.82, 2.24) is 5.32 Å². The Morgan fingerprint density at radius 3 is 2.31 bits per heavy atom. The van der Waals surface area contributed by atoms with Gasteiger partial charge in [0, 0.05) is 6.04 Å². The molecule has 2 aromatic carbocycles. The summed E-state index contributed by atoms with van der Waals surface area (Å²) >= 11 is 0. The number of rotatable bonds is 6. The molecule has 0 unspecified atom stereocenters. The minimum atomic E-state index is -3.86. The van der Waals surface area contributed by atoms with Crippen molar-refractivity contribution in [2.75, 3.05) is 11.8 Å². The second kappa shape index (κ2) is 7.78. The minimum absolute atomic E-state index is 0.0568. The molecule has 0 spiro atoms. The Morgan fingerprint density at radius 2 is 1.69 bits per heavy atom. The maximum Gasteiger partial charge on any atom is 0.262 e. The number of sulfonamides is 1. The summed E-state index contributed by atoms with van der Waals surface area (Å²) in [5, 5.41) is 2.77. The third-order valence-corrected chi connectivity index (χ3v) is 5.54. The number of anilines is 1. The number of para-hydroxylation sites is 1. The quantitative estimate of drug-likeness (QED) is 0.810. The van der Waals surface area contributed by atoms with Gasteiger partial charge < -0.3 is 10.1 Å². The summed E-state index contributed by atoms with van der Waals surface area (Å²) in [6.45, 7) is 7.21. The molecule has 0 aliphatic rings. The molecule has 2 rings (SSSR count). The first kappa shape index (κ1) is 19.8. The first-order valence-electron chi connectivity index (χ1n) is 8.24. The summed E-state index contributed by atoms with van der Waals surface area (Å²) < 4.78 is 33.5. The average molecular weight is 376 g/mol. The van der Waals surface area contributed by atoms with E-state index in [-0.39, 0.29) is 28.1 Å². The SMILES string of the molecule is COc1ccc(S(=O)(=O)Nc2ccccc2C(=O)NC(C)C)c(C)c1C. The number of hydrogen-bond donors (Lipinski definition) is 2.